The lowest BCUT2D eigenvalue weighted by molar-refractivity contribution is 0.668. The van der Waals surface area contributed by atoms with E-state index in [1.54, 1.807) is 0 Å². The molecule has 0 spiro atoms. The van der Waals surface area contributed by atoms with Gasteiger partial charge < -0.3 is 18.3 Å². The monoisotopic (exact) mass is 740 g/mol. The van der Waals surface area contributed by atoms with Gasteiger partial charge in [-0.05, 0) is 106 Å². The van der Waals surface area contributed by atoms with Crippen LogP contribution in [0.5, 0.6) is 0 Å². The third kappa shape index (κ3) is 4.34. The van der Waals surface area contributed by atoms with Gasteiger partial charge in [-0.1, -0.05) is 109 Å². The smallest absolute Gasteiger partial charge is 0.137 e. The summed E-state index contributed by atoms with van der Waals surface area (Å²) < 4.78 is 15.5. The fourth-order valence-corrected chi connectivity index (χ4v) is 9.70. The van der Waals surface area contributed by atoms with Gasteiger partial charge in [0.05, 0.1) is 16.7 Å². The van der Waals surface area contributed by atoms with Gasteiger partial charge in [0.1, 0.15) is 22.3 Å². The first-order chi connectivity index (χ1) is 28.8. The second-order valence-electron chi connectivity index (χ2n) is 15.2. The Bertz CT molecular complexity index is 3800. The van der Waals surface area contributed by atoms with Crippen molar-refractivity contribution >= 4 is 115 Å². The Kier molecular flexibility index (Phi) is 6.41. The predicted octanol–water partition coefficient (Wildman–Crippen LogP) is 15.5. The summed E-state index contributed by atoms with van der Waals surface area (Å²) in [5.74, 6) is 0. The van der Waals surface area contributed by atoms with Crippen molar-refractivity contribution in [1.82, 2.24) is 4.57 Å². The summed E-state index contributed by atoms with van der Waals surface area (Å²) in [6.45, 7) is 0. The van der Waals surface area contributed by atoms with Crippen molar-refractivity contribution in [2.75, 3.05) is 4.90 Å². The summed E-state index contributed by atoms with van der Waals surface area (Å²) in [5, 5.41) is 14.2. The predicted molar refractivity (Wildman–Crippen MR) is 243 cm³/mol. The van der Waals surface area contributed by atoms with E-state index in [-0.39, 0.29) is 0 Å². The lowest BCUT2D eigenvalue weighted by Crippen LogP contribution is -2.10. The first-order valence-corrected chi connectivity index (χ1v) is 19.8. The minimum atomic E-state index is 0.841. The van der Waals surface area contributed by atoms with Crippen LogP contribution in [0.25, 0.3) is 104 Å². The zero-order chi connectivity index (χ0) is 37.9. The van der Waals surface area contributed by atoms with E-state index in [1.807, 2.05) is 12.1 Å². The topological polar surface area (TPSA) is 34.5 Å². The molecule has 4 heteroatoms. The molecule has 3 aromatic heterocycles. The largest absolute Gasteiger partial charge is 0.456 e. The van der Waals surface area contributed by atoms with E-state index in [9.17, 15) is 0 Å². The summed E-state index contributed by atoms with van der Waals surface area (Å²) in [4.78, 5) is 2.39. The molecule has 0 saturated heterocycles. The van der Waals surface area contributed by atoms with Crippen LogP contribution in [0, 0.1) is 0 Å². The molecule has 0 radical (unpaired) electrons. The molecule has 13 rings (SSSR count). The van der Waals surface area contributed by atoms with Gasteiger partial charge in [-0.2, -0.15) is 0 Å². The third-order valence-electron chi connectivity index (χ3n) is 12.1. The quantitative estimate of drug-likeness (QED) is 0.180. The molecule has 13 aromatic rings. The molecule has 0 bridgehead atoms. The van der Waals surface area contributed by atoms with Gasteiger partial charge in [0.15, 0.2) is 0 Å². The second-order valence-corrected chi connectivity index (χ2v) is 15.2. The average Bonchev–Trinajstić information content (AvgIpc) is 3.97. The highest BCUT2D eigenvalue weighted by Gasteiger charge is 2.24. The Morgan fingerprint density at radius 1 is 0.328 bits per heavy atom. The highest BCUT2D eigenvalue weighted by Crippen LogP contribution is 2.48. The van der Waals surface area contributed by atoms with E-state index < -0.39 is 0 Å². The molecule has 0 atom stereocenters. The zero-order valence-electron chi connectivity index (χ0n) is 31.2. The third-order valence-corrected chi connectivity index (χ3v) is 12.1. The van der Waals surface area contributed by atoms with Crippen LogP contribution in [0.4, 0.5) is 17.1 Å². The number of para-hydroxylation sites is 3. The van der Waals surface area contributed by atoms with Gasteiger partial charge in [-0.25, -0.2) is 0 Å². The number of hydrogen-bond donors (Lipinski definition) is 0. The van der Waals surface area contributed by atoms with Crippen LogP contribution < -0.4 is 4.90 Å². The number of fused-ring (bicyclic) bond motifs is 16. The van der Waals surface area contributed by atoms with Gasteiger partial charge >= 0.3 is 0 Å². The Morgan fingerprint density at radius 3 is 1.67 bits per heavy atom. The van der Waals surface area contributed by atoms with Crippen LogP contribution in [0.3, 0.4) is 0 Å². The number of furan rings is 2. The molecular formula is C54H32N2O2. The van der Waals surface area contributed by atoms with Gasteiger partial charge in [0, 0.05) is 60.8 Å². The number of nitrogens with zero attached hydrogens (tertiary/aromatic N) is 2. The molecule has 0 amide bonds. The van der Waals surface area contributed by atoms with Crippen LogP contribution >= 0.6 is 0 Å². The van der Waals surface area contributed by atoms with Crippen molar-refractivity contribution in [2.24, 2.45) is 0 Å². The number of aromatic nitrogens is 1. The van der Waals surface area contributed by atoms with Gasteiger partial charge in [0.2, 0.25) is 0 Å². The summed E-state index contributed by atoms with van der Waals surface area (Å²) >= 11 is 0. The molecule has 0 fully saturated rings. The first kappa shape index (κ1) is 31.4. The normalized spacial score (nSPS) is 12.1. The molecule has 3 heterocycles. The number of anilines is 3. The summed E-state index contributed by atoms with van der Waals surface area (Å²) in [5.41, 5.74) is 10.1. The Hall–Kier alpha value is -7.82. The number of rotatable bonds is 4. The average molecular weight is 741 g/mol. The fourth-order valence-electron chi connectivity index (χ4n) is 9.70. The van der Waals surface area contributed by atoms with Crippen LogP contribution in [0.15, 0.2) is 203 Å². The molecular weight excluding hydrogens is 709 g/mol. The van der Waals surface area contributed by atoms with Crippen molar-refractivity contribution in [1.29, 1.82) is 0 Å². The van der Waals surface area contributed by atoms with Crippen molar-refractivity contribution in [3.63, 3.8) is 0 Å². The van der Waals surface area contributed by atoms with Gasteiger partial charge in [-0.15, -0.1) is 0 Å². The van der Waals surface area contributed by atoms with Crippen molar-refractivity contribution < 1.29 is 8.83 Å². The molecule has 10 aromatic carbocycles. The van der Waals surface area contributed by atoms with E-state index in [1.165, 1.54) is 37.8 Å². The van der Waals surface area contributed by atoms with Crippen LogP contribution in [0.1, 0.15) is 0 Å². The van der Waals surface area contributed by atoms with Crippen LogP contribution in [-0.2, 0) is 0 Å². The molecule has 0 aliphatic carbocycles. The first-order valence-electron chi connectivity index (χ1n) is 19.8. The van der Waals surface area contributed by atoms with E-state index in [4.69, 9.17) is 8.83 Å². The van der Waals surface area contributed by atoms with E-state index >= 15 is 0 Å². The van der Waals surface area contributed by atoms with Crippen molar-refractivity contribution in [3.05, 3.63) is 194 Å². The maximum atomic E-state index is 6.77. The molecule has 4 nitrogen and oxygen atoms in total. The summed E-state index contributed by atoms with van der Waals surface area (Å²) in [6, 6.07) is 69.5. The van der Waals surface area contributed by atoms with E-state index in [0.29, 0.717) is 0 Å². The minimum Gasteiger partial charge on any atom is -0.456 e. The highest BCUT2D eigenvalue weighted by molar-refractivity contribution is 6.31. The molecule has 0 saturated carbocycles. The maximum absolute atomic E-state index is 6.77. The molecule has 0 N–H and O–H groups in total. The summed E-state index contributed by atoms with van der Waals surface area (Å²) in [6.07, 6.45) is 0. The zero-order valence-corrected chi connectivity index (χ0v) is 31.2. The lowest BCUT2D eigenvalue weighted by atomic mass is 9.98. The second kappa shape index (κ2) is 11.8. The molecule has 0 aliphatic heterocycles. The van der Waals surface area contributed by atoms with Crippen LogP contribution in [0.2, 0.25) is 0 Å². The Balaban J connectivity index is 1.10. The Labute approximate surface area is 332 Å². The molecule has 58 heavy (non-hydrogen) atoms. The standard InChI is InChI=1S/C54H32N2O2/c1-3-14-34(15-4-1)55(36-24-25-43-50(31-36)58-49-30-27-40-41(52(43)49)26-29-48-51(40)42-21-11-12-22-47(42)57-48)45-32-46-54(39-20-10-9-19-38(39)45)53-37-18-8-7-13-33(37)23-28-44(53)56(46)35-16-5-2-6-17-35/h1-32H. The van der Waals surface area contributed by atoms with Crippen molar-refractivity contribution in [2.45, 2.75) is 0 Å². The fraction of sp³-hybridized carbons (Fsp3) is 0. The highest BCUT2D eigenvalue weighted by atomic mass is 16.3. The number of hydrogen-bond acceptors (Lipinski definition) is 3. The number of benzene rings is 10. The summed E-state index contributed by atoms with van der Waals surface area (Å²) in [7, 11) is 0. The molecule has 270 valence electrons. The SMILES string of the molecule is c1ccc(N(c2ccc3c(c2)oc2ccc4c(ccc5oc6ccccc6c54)c23)c2cc3c(c4ccccc24)c2c4ccccc4ccc2n3-c2ccccc2)cc1. The lowest BCUT2D eigenvalue weighted by Gasteiger charge is -2.27. The molecule has 0 unspecified atom stereocenters. The van der Waals surface area contributed by atoms with Crippen LogP contribution in [-0.4, -0.2) is 4.57 Å². The van der Waals surface area contributed by atoms with E-state index in [0.717, 1.165) is 82.9 Å². The van der Waals surface area contributed by atoms with Gasteiger partial charge in [-0.3, -0.25) is 0 Å². The minimum absolute atomic E-state index is 0.841. The van der Waals surface area contributed by atoms with Crippen molar-refractivity contribution in [3.8, 4) is 5.69 Å². The maximum Gasteiger partial charge on any atom is 0.137 e. The molecule has 0 aliphatic rings. The Morgan fingerprint density at radius 2 is 0.897 bits per heavy atom. The van der Waals surface area contributed by atoms with Gasteiger partial charge in [0.25, 0.3) is 0 Å². The van der Waals surface area contributed by atoms with E-state index in [2.05, 4.69) is 191 Å².